The number of primary amides is 1. The Labute approximate surface area is 124 Å². The molecule has 0 unspecified atom stereocenters. The second-order valence-electron chi connectivity index (χ2n) is 4.92. The number of hydrogen-bond donors (Lipinski definition) is 2. The summed E-state index contributed by atoms with van der Waals surface area (Å²) in [5, 5.41) is 2.56. The summed E-state index contributed by atoms with van der Waals surface area (Å²) in [6.07, 6.45) is 0.393. The van der Waals surface area contributed by atoms with Gasteiger partial charge in [0.05, 0.1) is 0 Å². The molecule has 0 aliphatic carbocycles. The van der Waals surface area contributed by atoms with Crippen molar-refractivity contribution >= 4 is 11.8 Å². The molecule has 4 nitrogen and oxygen atoms in total. The minimum atomic E-state index is -0.676. The van der Waals surface area contributed by atoms with Crippen LogP contribution in [0.1, 0.15) is 12.5 Å². The van der Waals surface area contributed by atoms with Crippen LogP contribution in [0.5, 0.6) is 0 Å². The molecule has 4 heteroatoms. The minimum Gasteiger partial charge on any atom is -0.368 e. The van der Waals surface area contributed by atoms with E-state index in [-0.39, 0.29) is 5.91 Å². The van der Waals surface area contributed by atoms with Gasteiger partial charge in [0.1, 0.15) is 6.04 Å². The summed E-state index contributed by atoms with van der Waals surface area (Å²) in [6, 6.07) is 17.2. The van der Waals surface area contributed by atoms with Crippen molar-refractivity contribution in [2.75, 3.05) is 0 Å². The zero-order chi connectivity index (χ0) is 15.2. The highest BCUT2D eigenvalue weighted by Gasteiger charge is 2.16. The van der Waals surface area contributed by atoms with Gasteiger partial charge in [0.15, 0.2) is 0 Å². The lowest BCUT2D eigenvalue weighted by atomic mass is 10.0. The molecule has 0 bridgehead atoms. The van der Waals surface area contributed by atoms with Crippen LogP contribution >= 0.6 is 0 Å². The molecule has 0 radical (unpaired) electrons. The standard InChI is InChI=1S/C17H18N2O2/c1-12(20)19-16(17(18)21)11-13-7-9-15(10-8-13)14-5-3-2-4-6-14/h2-10,16H,11H2,1H3,(H2,18,21)(H,19,20)/t16-/m0/s1. The van der Waals surface area contributed by atoms with E-state index in [1.54, 1.807) is 0 Å². The summed E-state index contributed by atoms with van der Waals surface area (Å²) in [6.45, 7) is 1.37. The first-order chi connectivity index (χ1) is 10.1. The lowest BCUT2D eigenvalue weighted by Crippen LogP contribution is -2.44. The molecule has 2 aromatic carbocycles. The Bertz CT molecular complexity index is 621. The van der Waals surface area contributed by atoms with E-state index in [2.05, 4.69) is 5.32 Å². The SMILES string of the molecule is CC(=O)N[C@@H](Cc1ccc(-c2ccccc2)cc1)C(N)=O. The molecule has 0 saturated heterocycles. The summed E-state index contributed by atoms with van der Waals surface area (Å²) >= 11 is 0. The van der Waals surface area contributed by atoms with Gasteiger partial charge in [-0.25, -0.2) is 0 Å². The number of carbonyl (C=O) groups is 2. The number of nitrogens with two attached hydrogens (primary N) is 1. The van der Waals surface area contributed by atoms with Crippen LogP contribution in [-0.4, -0.2) is 17.9 Å². The zero-order valence-electron chi connectivity index (χ0n) is 11.9. The first-order valence-corrected chi connectivity index (χ1v) is 6.77. The molecule has 0 spiro atoms. The van der Waals surface area contributed by atoms with Crippen LogP contribution in [0.15, 0.2) is 54.6 Å². The quantitative estimate of drug-likeness (QED) is 0.879. The summed E-state index contributed by atoms with van der Waals surface area (Å²) in [4.78, 5) is 22.4. The highest BCUT2D eigenvalue weighted by Crippen LogP contribution is 2.19. The third-order valence-electron chi connectivity index (χ3n) is 3.22. The predicted molar refractivity (Wildman–Crippen MR) is 82.4 cm³/mol. The second kappa shape index (κ2) is 6.70. The van der Waals surface area contributed by atoms with Gasteiger partial charge >= 0.3 is 0 Å². The van der Waals surface area contributed by atoms with Crippen molar-refractivity contribution in [2.24, 2.45) is 5.73 Å². The van der Waals surface area contributed by atoms with Gasteiger partial charge in [-0.05, 0) is 16.7 Å². The van der Waals surface area contributed by atoms with Crippen molar-refractivity contribution in [1.82, 2.24) is 5.32 Å². The first-order valence-electron chi connectivity index (χ1n) is 6.77. The van der Waals surface area contributed by atoms with E-state index in [0.717, 1.165) is 16.7 Å². The molecule has 108 valence electrons. The van der Waals surface area contributed by atoms with Gasteiger partial charge in [-0.3, -0.25) is 9.59 Å². The highest BCUT2D eigenvalue weighted by molar-refractivity contribution is 5.85. The van der Waals surface area contributed by atoms with Gasteiger partial charge in [-0.2, -0.15) is 0 Å². The van der Waals surface area contributed by atoms with E-state index in [4.69, 9.17) is 5.73 Å². The smallest absolute Gasteiger partial charge is 0.240 e. The lowest BCUT2D eigenvalue weighted by molar-refractivity contribution is -0.126. The van der Waals surface area contributed by atoms with Crippen molar-refractivity contribution in [1.29, 1.82) is 0 Å². The van der Waals surface area contributed by atoms with Crippen LogP contribution in [0.2, 0.25) is 0 Å². The molecule has 0 saturated carbocycles. The molecule has 0 fully saturated rings. The van der Waals surface area contributed by atoms with Gasteiger partial charge in [-0.1, -0.05) is 54.6 Å². The highest BCUT2D eigenvalue weighted by atomic mass is 16.2. The molecule has 2 amide bonds. The van der Waals surface area contributed by atoms with E-state index in [1.165, 1.54) is 6.92 Å². The number of benzene rings is 2. The van der Waals surface area contributed by atoms with Crippen molar-refractivity contribution in [2.45, 2.75) is 19.4 Å². The summed E-state index contributed by atoms with van der Waals surface area (Å²) in [7, 11) is 0. The molecule has 1 atom stereocenters. The van der Waals surface area contributed by atoms with Crippen LogP contribution in [0.25, 0.3) is 11.1 Å². The number of carbonyl (C=O) groups excluding carboxylic acids is 2. The van der Waals surface area contributed by atoms with Crippen LogP contribution in [0.3, 0.4) is 0 Å². The Hall–Kier alpha value is -2.62. The molecule has 21 heavy (non-hydrogen) atoms. The van der Waals surface area contributed by atoms with Crippen LogP contribution in [0.4, 0.5) is 0 Å². The topological polar surface area (TPSA) is 72.2 Å². The van der Waals surface area contributed by atoms with Crippen molar-refractivity contribution < 1.29 is 9.59 Å². The maximum Gasteiger partial charge on any atom is 0.240 e. The number of hydrogen-bond acceptors (Lipinski definition) is 2. The summed E-state index contributed by atoms with van der Waals surface area (Å²) in [5.74, 6) is -0.794. The van der Waals surface area contributed by atoms with Crippen LogP contribution in [-0.2, 0) is 16.0 Å². The van der Waals surface area contributed by atoms with Crippen molar-refractivity contribution in [3.8, 4) is 11.1 Å². The molecular weight excluding hydrogens is 264 g/mol. The number of rotatable bonds is 5. The van der Waals surface area contributed by atoms with Gasteiger partial charge in [-0.15, -0.1) is 0 Å². The maximum atomic E-state index is 11.3. The average molecular weight is 282 g/mol. The lowest BCUT2D eigenvalue weighted by Gasteiger charge is -2.14. The number of amides is 2. The van der Waals surface area contributed by atoms with Gasteiger partial charge in [0.25, 0.3) is 0 Å². The normalized spacial score (nSPS) is 11.7. The minimum absolute atomic E-state index is 0.264. The van der Waals surface area contributed by atoms with Gasteiger partial charge in [0.2, 0.25) is 11.8 Å². The first kappa shape index (κ1) is 14.8. The molecule has 0 heterocycles. The molecule has 0 aliphatic heterocycles. The third kappa shape index (κ3) is 4.18. The fourth-order valence-electron chi connectivity index (χ4n) is 2.17. The van der Waals surface area contributed by atoms with Gasteiger partial charge < -0.3 is 11.1 Å². The summed E-state index contributed by atoms with van der Waals surface area (Å²) < 4.78 is 0. The van der Waals surface area contributed by atoms with E-state index in [9.17, 15) is 9.59 Å². The fraction of sp³-hybridized carbons (Fsp3) is 0.176. The van der Waals surface area contributed by atoms with Gasteiger partial charge in [0, 0.05) is 13.3 Å². The largest absolute Gasteiger partial charge is 0.368 e. The Balaban J connectivity index is 2.11. The Morgan fingerprint density at radius 3 is 2.10 bits per heavy atom. The molecule has 2 aromatic rings. The summed E-state index contributed by atoms with van der Waals surface area (Å²) in [5.41, 5.74) is 8.49. The zero-order valence-corrected chi connectivity index (χ0v) is 11.9. The van der Waals surface area contributed by atoms with Crippen molar-refractivity contribution in [3.63, 3.8) is 0 Å². The molecule has 3 N–H and O–H groups in total. The van der Waals surface area contributed by atoms with E-state index < -0.39 is 11.9 Å². The molecule has 0 aromatic heterocycles. The van der Waals surface area contributed by atoms with Crippen molar-refractivity contribution in [3.05, 3.63) is 60.2 Å². The molecule has 2 rings (SSSR count). The average Bonchev–Trinajstić information content (AvgIpc) is 2.48. The van der Waals surface area contributed by atoms with Crippen LogP contribution < -0.4 is 11.1 Å². The van der Waals surface area contributed by atoms with E-state index >= 15 is 0 Å². The predicted octanol–water partition coefficient (Wildman–Crippen LogP) is 1.89. The fourth-order valence-corrected chi connectivity index (χ4v) is 2.17. The second-order valence-corrected chi connectivity index (χ2v) is 4.92. The Morgan fingerprint density at radius 1 is 1.00 bits per heavy atom. The monoisotopic (exact) mass is 282 g/mol. The maximum absolute atomic E-state index is 11.3. The molecule has 0 aliphatic rings. The van der Waals surface area contributed by atoms with E-state index in [0.29, 0.717) is 6.42 Å². The Morgan fingerprint density at radius 2 is 1.57 bits per heavy atom. The molecular formula is C17H18N2O2. The Kier molecular flexibility index (Phi) is 4.72. The van der Waals surface area contributed by atoms with Crippen LogP contribution in [0, 0.1) is 0 Å². The third-order valence-corrected chi connectivity index (χ3v) is 3.22. The van der Waals surface area contributed by atoms with E-state index in [1.807, 2.05) is 54.6 Å². The number of nitrogens with one attached hydrogen (secondary N) is 1.